The van der Waals surface area contributed by atoms with Gasteiger partial charge in [-0.25, -0.2) is 8.42 Å². The summed E-state index contributed by atoms with van der Waals surface area (Å²) in [6.07, 6.45) is 0.915. The van der Waals surface area contributed by atoms with Gasteiger partial charge in [0.2, 0.25) is 0 Å². The van der Waals surface area contributed by atoms with Crippen molar-refractivity contribution in [2.75, 3.05) is 46.3 Å². The van der Waals surface area contributed by atoms with E-state index in [0.29, 0.717) is 28.5 Å². The molecular formula is C18H25ClN4O2S. The molecule has 0 aromatic heterocycles. The Kier molecular flexibility index (Phi) is 6.02. The van der Waals surface area contributed by atoms with E-state index in [1.54, 1.807) is 31.2 Å². The minimum atomic E-state index is -3.58. The Morgan fingerprint density at radius 1 is 1.15 bits per heavy atom. The summed E-state index contributed by atoms with van der Waals surface area (Å²) in [6, 6.07) is 6.82. The van der Waals surface area contributed by atoms with Gasteiger partial charge in [0.15, 0.2) is 0 Å². The Hall–Kier alpha value is -1.41. The molecule has 1 aromatic rings. The first kappa shape index (κ1) is 19.4. The van der Waals surface area contributed by atoms with E-state index in [1.165, 1.54) is 0 Å². The van der Waals surface area contributed by atoms with Gasteiger partial charge in [0.1, 0.15) is 10.7 Å². The largest absolute Gasteiger partial charge is 0.304 e. The van der Waals surface area contributed by atoms with Gasteiger partial charge in [-0.3, -0.25) is 9.71 Å². The van der Waals surface area contributed by atoms with Gasteiger partial charge in [0.05, 0.1) is 0 Å². The van der Waals surface area contributed by atoms with E-state index in [9.17, 15) is 8.42 Å². The van der Waals surface area contributed by atoms with Crippen molar-refractivity contribution in [1.82, 2.24) is 14.5 Å². The van der Waals surface area contributed by atoms with E-state index in [4.69, 9.17) is 11.6 Å². The first-order chi connectivity index (χ1) is 12.4. The van der Waals surface area contributed by atoms with Crippen LogP contribution in [0.15, 0.2) is 34.8 Å². The van der Waals surface area contributed by atoms with Gasteiger partial charge in [-0.1, -0.05) is 23.7 Å². The summed E-state index contributed by atoms with van der Waals surface area (Å²) >= 11 is 5.90. The van der Waals surface area contributed by atoms with Crippen LogP contribution in [0.3, 0.4) is 0 Å². The lowest BCUT2D eigenvalue weighted by Gasteiger charge is -2.32. The van der Waals surface area contributed by atoms with Crippen molar-refractivity contribution in [2.24, 2.45) is 4.99 Å². The van der Waals surface area contributed by atoms with Crippen LogP contribution in [0, 0.1) is 0 Å². The fourth-order valence-corrected chi connectivity index (χ4v) is 4.89. The molecule has 0 amide bonds. The maximum Gasteiger partial charge on any atom is 0.264 e. The van der Waals surface area contributed by atoms with E-state index >= 15 is 0 Å². The number of likely N-dealkylation sites (N-methyl/N-ethyl adjacent to an activating group) is 1. The molecule has 1 N–H and O–H groups in total. The van der Waals surface area contributed by atoms with Crippen molar-refractivity contribution in [2.45, 2.75) is 13.3 Å². The number of rotatable bonds is 5. The van der Waals surface area contributed by atoms with Crippen LogP contribution < -0.4 is 4.72 Å². The van der Waals surface area contributed by atoms with Crippen LogP contribution in [0.25, 0.3) is 4.91 Å². The molecule has 1 fully saturated rings. The summed E-state index contributed by atoms with van der Waals surface area (Å²) in [6.45, 7) is 7.75. The molecule has 0 bridgehead atoms. The second-order valence-corrected chi connectivity index (χ2v) is 8.85. The number of nitrogens with one attached hydrogen (secondary N) is 1. The molecule has 0 aliphatic carbocycles. The Bertz CT molecular complexity index is 810. The van der Waals surface area contributed by atoms with Crippen LogP contribution in [-0.4, -0.2) is 70.4 Å². The molecule has 1 aromatic carbocycles. The Balaban J connectivity index is 1.65. The van der Waals surface area contributed by atoms with Gasteiger partial charge < -0.3 is 9.80 Å². The predicted molar refractivity (Wildman–Crippen MR) is 107 cm³/mol. The lowest BCUT2D eigenvalue weighted by molar-refractivity contribution is 0.153. The highest BCUT2D eigenvalue weighted by molar-refractivity contribution is 8.00. The zero-order valence-corrected chi connectivity index (χ0v) is 16.8. The van der Waals surface area contributed by atoms with Crippen molar-refractivity contribution in [3.05, 3.63) is 40.4 Å². The molecule has 2 aliphatic heterocycles. The average molecular weight is 397 g/mol. The van der Waals surface area contributed by atoms with Crippen molar-refractivity contribution in [1.29, 1.82) is 0 Å². The third-order valence-corrected chi connectivity index (χ3v) is 6.59. The number of halogens is 1. The minimum absolute atomic E-state index is 0.284. The number of benzene rings is 1. The molecule has 142 valence electrons. The number of nitrogens with zero attached hydrogens (tertiary/aromatic N) is 3. The number of sulfonamides is 1. The number of piperazine rings is 1. The van der Waals surface area contributed by atoms with Crippen molar-refractivity contribution in [3.8, 4) is 0 Å². The minimum Gasteiger partial charge on any atom is -0.304 e. The molecule has 2 heterocycles. The molecule has 8 heteroatoms. The third kappa shape index (κ3) is 4.46. The SMILES string of the molecule is CC1=C(c2ccc(Cl)cc2)S(=O)(=O)NC1=NCCCN1CCN(C)CC1. The molecule has 0 unspecified atom stereocenters. The normalized spacial score (nSPS) is 22.8. The summed E-state index contributed by atoms with van der Waals surface area (Å²) in [7, 11) is -1.43. The second kappa shape index (κ2) is 8.08. The first-order valence-corrected chi connectivity index (χ1v) is 10.7. The van der Waals surface area contributed by atoms with Crippen LogP contribution in [0.4, 0.5) is 0 Å². The highest BCUT2D eigenvalue weighted by atomic mass is 35.5. The van der Waals surface area contributed by atoms with E-state index in [0.717, 1.165) is 39.1 Å². The fourth-order valence-electron chi connectivity index (χ4n) is 3.24. The molecule has 0 radical (unpaired) electrons. The van der Waals surface area contributed by atoms with E-state index < -0.39 is 10.0 Å². The summed E-state index contributed by atoms with van der Waals surface area (Å²) in [4.78, 5) is 9.54. The molecule has 26 heavy (non-hydrogen) atoms. The average Bonchev–Trinajstić information content (AvgIpc) is 2.83. The molecule has 0 saturated carbocycles. The van der Waals surface area contributed by atoms with Gasteiger partial charge in [0.25, 0.3) is 10.0 Å². The lowest BCUT2D eigenvalue weighted by Crippen LogP contribution is -2.44. The highest BCUT2D eigenvalue weighted by Gasteiger charge is 2.32. The van der Waals surface area contributed by atoms with Crippen molar-refractivity contribution >= 4 is 32.4 Å². The van der Waals surface area contributed by atoms with Gasteiger partial charge >= 0.3 is 0 Å². The summed E-state index contributed by atoms with van der Waals surface area (Å²) < 4.78 is 27.5. The van der Waals surface area contributed by atoms with Crippen LogP contribution in [0.5, 0.6) is 0 Å². The first-order valence-electron chi connectivity index (χ1n) is 8.82. The smallest absolute Gasteiger partial charge is 0.264 e. The predicted octanol–water partition coefficient (Wildman–Crippen LogP) is 2.04. The monoisotopic (exact) mass is 396 g/mol. The van der Waals surface area contributed by atoms with Gasteiger partial charge in [-0.05, 0) is 44.6 Å². The summed E-state index contributed by atoms with van der Waals surface area (Å²) in [5.74, 6) is 0.452. The Morgan fingerprint density at radius 2 is 1.81 bits per heavy atom. The topological polar surface area (TPSA) is 65.0 Å². The molecule has 3 rings (SSSR count). The van der Waals surface area contributed by atoms with E-state index in [2.05, 4.69) is 26.6 Å². The maximum absolute atomic E-state index is 12.5. The van der Waals surface area contributed by atoms with Crippen molar-refractivity contribution in [3.63, 3.8) is 0 Å². The quantitative estimate of drug-likeness (QED) is 0.773. The molecule has 0 spiro atoms. The molecular weight excluding hydrogens is 372 g/mol. The van der Waals surface area contributed by atoms with Crippen molar-refractivity contribution < 1.29 is 8.42 Å². The second-order valence-electron chi connectivity index (χ2n) is 6.80. The number of aliphatic imine (C=N–C) groups is 1. The van der Waals surface area contributed by atoms with Crippen LogP contribution in [-0.2, 0) is 10.0 Å². The molecule has 2 aliphatic rings. The number of hydrogen-bond acceptors (Lipinski definition) is 5. The van der Waals surface area contributed by atoms with E-state index in [1.807, 2.05) is 0 Å². The summed E-state index contributed by atoms with van der Waals surface area (Å²) in [5, 5.41) is 0.577. The van der Waals surface area contributed by atoms with Crippen LogP contribution in [0.2, 0.25) is 5.02 Å². The van der Waals surface area contributed by atoms with Gasteiger partial charge in [-0.15, -0.1) is 0 Å². The highest BCUT2D eigenvalue weighted by Crippen LogP contribution is 2.30. The molecule has 0 atom stereocenters. The van der Waals surface area contributed by atoms with E-state index in [-0.39, 0.29) is 4.91 Å². The number of amidine groups is 1. The zero-order valence-electron chi connectivity index (χ0n) is 15.2. The maximum atomic E-state index is 12.5. The summed E-state index contributed by atoms with van der Waals surface area (Å²) in [5.41, 5.74) is 1.29. The Morgan fingerprint density at radius 3 is 2.46 bits per heavy atom. The fraction of sp³-hybridized carbons (Fsp3) is 0.500. The van der Waals surface area contributed by atoms with Crippen LogP contribution >= 0.6 is 11.6 Å². The third-order valence-electron chi connectivity index (χ3n) is 4.80. The lowest BCUT2D eigenvalue weighted by atomic mass is 10.1. The van der Waals surface area contributed by atoms with Crippen LogP contribution in [0.1, 0.15) is 18.9 Å². The number of hydrogen-bond donors (Lipinski definition) is 1. The molecule has 6 nitrogen and oxygen atoms in total. The standard InChI is InChI=1S/C18H25ClN4O2S/c1-14-17(15-4-6-16(19)7-5-15)26(24,25)21-18(14)20-8-3-9-23-12-10-22(2)11-13-23/h4-7H,3,8-13H2,1-2H3,(H,20,21). The zero-order chi connectivity index (χ0) is 18.7. The van der Waals surface area contributed by atoms with Gasteiger partial charge in [-0.2, -0.15) is 0 Å². The van der Waals surface area contributed by atoms with Gasteiger partial charge in [0, 0.05) is 43.3 Å². The molecule has 1 saturated heterocycles. The Labute approximate surface area is 160 Å².